The van der Waals surface area contributed by atoms with Crippen LogP contribution in [0.4, 0.5) is 0 Å². The smallest absolute Gasteiger partial charge is 0.262 e. The molecule has 19 heavy (non-hydrogen) atoms. The Morgan fingerprint density at radius 1 is 1.42 bits per heavy atom. The van der Waals surface area contributed by atoms with E-state index in [1.165, 1.54) is 5.56 Å². The number of hydrogen-bond donors (Lipinski definition) is 1. The second-order valence-electron chi connectivity index (χ2n) is 4.88. The highest BCUT2D eigenvalue weighted by molar-refractivity contribution is 5.80. The molecule has 0 saturated carbocycles. The molecule has 106 valence electrons. The Bertz CT molecular complexity index is 430. The van der Waals surface area contributed by atoms with Crippen LogP contribution < -0.4 is 10.1 Å². The van der Waals surface area contributed by atoms with Crippen molar-refractivity contribution in [2.75, 3.05) is 20.6 Å². The number of benzene rings is 1. The van der Waals surface area contributed by atoms with Gasteiger partial charge in [0.1, 0.15) is 5.75 Å². The van der Waals surface area contributed by atoms with Gasteiger partial charge in [0.15, 0.2) is 6.10 Å². The molecule has 0 aromatic heterocycles. The van der Waals surface area contributed by atoms with Gasteiger partial charge in [-0.3, -0.25) is 4.79 Å². The molecule has 0 aliphatic rings. The van der Waals surface area contributed by atoms with Crippen LogP contribution in [0.5, 0.6) is 5.75 Å². The topological polar surface area (TPSA) is 41.6 Å². The van der Waals surface area contributed by atoms with E-state index in [1.54, 1.807) is 25.9 Å². The molecule has 0 aliphatic carbocycles. The summed E-state index contributed by atoms with van der Waals surface area (Å²) in [4.78, 5) is 13.4. The Morgan fingerprint density at radius 2 is 2.11 bits per heavy atom. The van der Waals surface area contributed by atoms with E-state index in [1.807, 2.05) is 19.1 Å². The normalized spacial score (nSPS) is 12.1. The van der Waals surface area contributed by atoms with Gasteiger partial charge in [-0.05, 0) is 26.5 Å². The number of aryl methyl sites for hydroxylation is 1. The monoisotopic (exact) mass is 264 g/mol. The summed E-state index contributed by atoms with van der Waals surface area (Å²) in [7, 11) is 3.47. The maximum Gasteiger partial charge on any atom is 0.262 e. The number of ether oxygens (including phenoxy) is 1. The predicted octanol–water partition coefficient (Wildman–Crippen LogP) is 1.96. The van der Waals surface area contributed by atoms with Gasteiger partial charge in [-0.1, -0.05) is 24.6 Å². The molecule has 1 atom stereocenters. The third-order valence-corrected chi connectivity index (χ3v) is 2.87. The molecule has 0 bridgehead atoms. The van der Waals surface area contributed by atoms with Crippen LogP contribution in [0.2, 0.25) is 0 Å². The summed E-state index contributed by atoms with van der Waals surface area (Å²) in [6, 6.07) is 6.02. The fourth-order valence-electron chi connectivity index (χ4n) is 1.83. The maximum atomic E-state index is 11.8. The molecule has 4 nitrogen and oxygen atoms in total. The maximum absolute atomic E-state index is 11.8. The van der Waals surface area contributed by atoms with E-state index in [0.29, 0.717) is 0 Å². The summed E-state index contributed by atoms with van der Waals surface area (Å²) in [5, 5.41) is 3.28. The highest BCUT2D eigenvalue weighted by atomic mass is 16.5. The van der Waals surface area contributed by atoms with Crippen molar-refractivity contribution in [2.45, 2.75) is 33.4 Å². The molecule has 1 unspecified atom stereocenters. The van der Waals surface area contributed by atoms with Crippen molar-refractivity contribution in [1.29, 1.82) is 0 Å². The van der Waals surface area contributed by atoms with Crippen molar-refractivity contribution < 1.29 is 9.53 Å². The van der Waals surface area contributed by atoms with E-state index >= 15 is 0 Å². The lowest BCUT2D eigenvalue weighted by molar-refractivity contribution is -0.135. The molecule has 1 rings (SSSR count). The Balaban J connectivity index is 2.84. The summed E-state index contributed by atoms with van der Waals surface area (Å²) in [6.45, 7) is 7.54. The first-order chi connectivity index (χ1) is 8.95. The van der Waals surface area contributed by atoms with E-state index in [2.05, 4.69) is 18.3 Å². The minimum atomic E-state index is -0.474. The summed E-state index contributed by atoms with van der Waals surface area (Å²) < 4.78 is 5.79. The number of rotatable bonds is 6. The Hall–Kier alpha value is -1.55. The molecule has 1 N–H and O–H groups in total. The first-order valence-electron chi connectivity index (χ1n) is 6.63. The van der Waals surface area contributed by atoms with E-state index in [-0.39, 0.29) is 5.91 Å². The second-order valence-corrected chi connectivity index (χ2v) is 4.88. The van der Waals surface area contributed by atoms with Crippen LogP contribution >= 0.6 is 0 Å². The first kappa shape index (κ1) is 15.5. The highest BCUT2D eigenvalue weighted by Gasteiger charge is 2.17. The van der Waals surface area contributed by atoms with Crippen LogP contribution in [0.15, 0.2) is 18.2 Å². The Kier molecular flexibility index (Phi) is 5.83. The number of likely N-dealkylation sites (N-methyl/N-ethyl adjacent to an activating group) is 1. The van der Waals surface area contributed by atoms with Gasteiger partial charge in [0.05, 0.1) is 0 Å². The average molecular weight is 264 g/mol. The van der Waals surface area contributed by atoms with Crippen molar-refractivity contribution in [1.82, 2.24) is 10.2 Å². The number of nitrogens with one attached hydrogen (secondary N) is 1. The van der Waals surface area contributed by atoms with Crippen molar-refractivity contribution in [3.8, 4) is 5.75 Å². The summed E-state index contributed by atoms with van der Waals surface area (Å²) >= 11 is 0. The number of nitrogens with zero attached hydrogens (tertiary/aromatic N) is 1. The first-order valence-corrected chi connectivity index (χ1v) is 6.63. The number of hydrogen-bond acceptors (Lipinski definition) is 3. The third kappa shape index (κ3) is 4.56. The zero-order valence-corrected chi connectivity index (χ0v) is 12.5. The van der Waals surface area contributed by atoms with E-state index < -0.39 is 6.10 Å². The lowest BCUT2D eigenvalue weighted by atomic mass is 10.1. The zero-order valence-electron chi connectivity index (χ0n) is 12.5. The fourth-order valence-corrected chi connectivity index (χ4v) is 1.83. The minimum absolute atomic E-state index is 0.0324. The molecule has 1 aromatic rings. The van der Waals surface area contributed by atoms with Gasteiger partial charge in [0.25, 0.3) is 5.91 Å². The second kappa shape index (κ2) is 7.14. The van der Waals surface area contributed by atoms with Gasteiger partial charge >= 0.3 is 0 Å². The molecule has 0 radical (unpaired) electrons. The predicted molar refractivity (Wildman–Crippen MR) is 77.3 cm³/mol. The fraction of sp³-hybridized carbons (Fsp3) is 0.533. The van der Waals surface area contributed by atoms with Crippen LogP contribution in [-0.4, -0.2) is 37.6 Å². The zero-order chi connectivity index (χ0) is 14.4. The lowest BCUT2D eigenvalue weighted by Crippen LogP contribution is -2.35. The molecule has 0 saturated heterocycles. The van der Waals surface area contributed by atoms with Crippen LogP contribution in [0.1, 0.15) is 25.0 Å². The molecule has 0 aliphatic heterocycles. The number of carbonyl (C=O) groups is 1. The lowest BCUT2D eigenvalue weighted by Gasteiger charge is -2.20. The Labute approximate surface area is 115 Å². The van der Waals surface area contributed by atoms with Gasteiger partial charge in [0, 0.05) is 26.2 Å². The summed E-state index contributed by atoms with van der Waals surface area (Å²) in [5.74, 6) is 0.740. The van der Waals surface area contributed by atoms with Crippen LogP contribution in [-0.2, 0) is 11.3 Å². The Morgan fingerprint density at radius 3 is 2.68 bits per heavy atom. The van der Waals surface area contributed by atoms with Crippen LogP contribution in [0.3, 0.4) is 0 Å². The van der Waals surface area contributed by atoms with Crippen molar-refractivity contribution in [3.05, 3.63) is 29.3 Å². The van der Waals surface area contributed by atoms with Gasteiger partial charge in [-0.25, -0.2) is 0 Å². The van der Waals surface area contributed by atoms with Crippen molar-refractivity contribution in [2.24, 2.45) is 0 Å². The molecule has 0 spiro atoms. The summed E-state index contributed by atoms with van der Waals surface area (Å²) in [6.07, 6.45) is -0.474. The van der Waals surface area contributed by atoms with Gasteiger partial charge < -0.3 is 15.0 Å². The standard InChI is InChI=1S/C15H24N2O2/c1-6-16-10-13-9-11(2)7-8-14(13)19-12(3)15(18)17(4)5/h7-9,12,16H,6,10H2,1-5H3. The molecule has 1 amide bonds. The van der Waals surface area contributed by atoms with E-state index in [4.69, 9.17) is 4.74 Å². The van der Waals surface area contributed by atoms with Gasteiger partial charge in [-0.2, -0.15) is 0 Å². The van der Waals surface area contributed by atoms with Crippen LogP contribution in [0, 0.1) is 6.92 Å². The highest BCUT2D eigenvalue weighted by Crippen LogP contribution is 2.21. The molecular weight excluding hydrogens is 240 g/mol. The van der Waals surface area contributed by atoms with E-state index in [9.17, 15) is 4.79 Å². The van der Waals surface area contributed by atoms with Crippen LogP contribution in [0.25, 0.3) is 0 Å². The molecular formula is C15H24N2O2. The van der Waals surface area contributed by atoms with Gasteiger partial charge in [-0.15, -0.1) is 0 Å². The SMILES string of the molecule is CCNCc1cc(C)ccc1OC(C)C(=O)N(C)C. The third-order valence-electron chi connectivity index (χ3n) is 2.87. The number of amides is 1. The quantitative estimate of drug-likeness (QED) is 0.854. The number of carbonyl (C=O) groups excluding carboxylic acids is 1. The summed E-state index contributed by atoms with van der Waals surface area (Å²) in [5.41, 5.74) is 2.27. The minimum Gasteiger partial charge on any atom is -0.481 e. The molecule has 0 heterocycles. The van der Waals surface area contributed by atoms with E-state index in [0.717, 1.165) is 24.4 Å². The largest absolute Gasteiger partial charge is 0.481 e. The van der Waals surface area contributed by atoms with Crippen molar-refractivity contribution >= 4 is 5.91 Å². The average Bonchev–Trinajstić information content (AvgIpc) is 2.37. The molecule has 1 aromatic carbocycles. The van der Waals surface area contributed by atoms with Gasteiger partial charge in [0.2, 0.25) is 0 Å². The molecule has 4 heteroatoms. The van der Waals surface area contributed by atoms with Crippen molar-refractivity contribution in [3.63, 3.8) is 0 Å². The molecule has 0 fully saturated rings.